The molecule has 0 radical (unpaired) electrons. The number of carbonyl (C=O) groups is 1. The van der Waals surface area contributed by atoms with Crippen LogP contribution in [0.25, 0.3) is 0 Å². The van der Waals surface area contributed by atoms with Crippen molar-refractivity contribution in [2.45, 2.75) is 13.3 Å². The highest BCUT2D eigenvalue weighted by atomic mass is 32.1. The standard InChI is InChI=1S/C20H25N7OS/c1-4-15-7-6-8-16(13-15)23-18(28)14-22-19(21-3)26-9-11-27(12-10-26)20-24-17(5-2)25-29-20/h1,6-8,13H,5,9-12,14H2,2-3H3,(H,21,22)(H,23,28). The van der Waals surface area contributed by atoms with Gasteiger partial charge in [0.05, 0.1) is 6.54 Å². The van der Waals surface area contributed by atoms with Crippen molar-refractivity contribution in [2.75, 3.05) is 50.0 Å². The Hall–Kier alpha value is -3.12. The van der Waals surface area contributed by atoms with E-state index in [-0.39, 0.29) is 12.5 Å². The van der Waals surface area contributed by atoms with Crippen molar-refractivity contribution in [3.05, 3.63) is 35.7 Å². The van der Waals surface area contributed by atoms with Gasteiger partial charge >= 0.3 is 0 Å². The van der Waals surface area contributed by atoms with Crippen molar-refractivity contribution in [2.24, 2.45) is 4.99 Å². The van der Waals surface area contributed by atoms with Crippen molar-refractivity contribution >= 4 is 34.2 Å². The molecule has 1 amide bonds. The monoisotopic (exact) mass is 411 g/mol. The van der Waals surface area contributed by atoms with Gasteiger partial charge in [-0.2, -0.15) is 4.37 Å². The Morgan fingerprint density at radius 2 is 2.14 bits per heavy atom. The molecule has 2 heterocycles. The Bertz CT molecular complexity index is 910. The number of rotatable bonds is 5. The summed E-state index contributed by atoms with van der Waals surface area (Å²) in [6.07, 6.45) is 6.25. The van der Waals surface area contributed by atoms with E-state index in [0.29, 0.717) is 11.6 Å². The van der Waals surface area contributed by atoms with Crippen molar-refractivity contribution in [1.29, 1.82) is 0 Å². The van der Waals surface area contributed by atoms with Gasteiger partial charge in [0.25, 0.3) is 0 Å². The predicted molar refractivity (Wildman–Crippen MR) is 117 cm³/mol. The van der Waals surface area contributed by atoms with Gasteiger partial charge in [0, 0.05) is 62.4 Å². The molecule has 3 rings (SSSR count). The lowest BCUT2D eigenvalue weighted by Gasteiger charge is -2.36. The van der Waals surface area contributed by atoms with Crippen molar-refractivity contribution < 1.29 is 4.79 Å². The van der Waals surface area contributed by atoms with Gasteiger partial charge in [0.2, 0.25) is 11.0 Å². The van der Waals surface area contributed by atoms with Crippen molar-refractivity contribution in [1.82, 2.24) is 19.6 Å². The van der Waals surface area contributed by atoms with Crippen LogP contribution in [-0.2, 0) is 11.2 Å². The zero-order valence-electron chi connectivity index (χ0n) is 16.7. The summed E-state index contributed by atoms with van der Waals surface area (Å²) in [4.78, 5) is 25.5. The summed E-state index contributed by atoms with van der Waals surface area (Å²) in [6.45, 7) is 5.46. The summed E-state index contributed by atoms with van der Waals surface area (Å²) >= 11 is 1.45. The van der Waals surface area contributed by atoms with Gasteiger partial charge in [-0.05, 0) is 18.2 Å². The van der Waals surface area contributed by atoms with Crippen LogP contribution in [0.5, 0.6) is 0 Å². The molecule has 0 unspecified atom stereocenters. The SMILES string of the molecule is C#Cc1cccc(NC(=O)CNC(=NC)N2CCN(c3nc(CC)ns3)CC2)c1. The fourth-order valence-electron chi connectivity index (χ4n) is 3.01. The maximum Gasteiger partial charge on any atom is 0.243 e. The van der Waals surface area contributed by atoms with Crippen LogP contribution < -0.4 is 15.5 Å². The minimum atomic E-state index is -0.153. The number of benzene rings is 1. The van der Waals surface area contributed by atoms with E-state index in [1.165, 1.54) is 11.5 Å². The van der Waals surface area contributed by atoms with Gasteiger partial charge in [0.1, 0.15) is 5.82 Å². The number of aliphatic imine (C=N–C) groups is 1. The van der Waals surface area contributed by atoms with Crippen molar-refractivity contribution in [3.8, 4) is 12.3 Å². The molecule has 1 aromatic heterocycles. The van der Waals surface area contributed by atoms with E-state index in [1.54, 1.807) is 13.1 Å². The summed E-state index contributed by atoms with van der Waals surface area (Å²) < 4.78 is 4.36. The molecule has 1 aliphatic heterocycles. The smallest absolute Gasteiger partial charge is 0.243 e. The number of hydrogen-bond donors (Lipinski definition) is 2. The van der Waals surface area contributed by atoms with Crippen LogP contribution in [0.3, 0.4) is 0 Å². The lowest BCUT2D eigenvalue weighted by molar-refractivity contribution is -0.115. The molecule has 0 aliphatic carbocycles. The number of anilines is 2. The molecule has 1 aromatic carbocycles. The highest BCUT2D eigenvalue weighted by molar-refractivity contribution is 7.09. The molecular weight excluding hydrogens is 386 g/mol. The molecule has 1 fully saturated rings. The number of terminal acetylenes is 1. The van der Waals surface area contributed by atoms with Gasteiger partial charge in [-0.25, -0.2) is 4.98 Å². The fourth-order valence-corrected chi connectivity index (χ4v) is 3.81. The van der Waals surface area contributed by atoms with Gasteiger partial charge in [-0.1, -0.05) is 18.9 Å². The van der Waals surface area contributed by atoms with Gasteiger partial charge in [0.15, 0.2) is 5.96 Å². The molecule has 0 saturated carbocycles. The second-order valence-corrected chi connectivity index (χ2v) is 7.23. The van der Waals surface area contributed by atoms with Crippen LogP contribution in [0.1, 0.15) is 18.3 Å². The molecule has 0 spiro atoms. The number of amides is 1. The van der Waals surface area contributed by atoms with E-state index in [9.17, 15) is 4.79 Å². The van der Waals surface area contributed by atoms with Crippen LogP contribution in [0, 0.1) is 12.3 Å². The van der Waals surface area contributed by atoms with Gasteiger partial charge in [-0.15, -0.1) is 6.42 Å². The van der Waals surface area contributed by atoms with E-state index in [2.05, 4.69) is 47.6 Å². The van der Waals surface area contributed by atoms with Crippen molar-refractivity contribution in [3.63, 3.8) is 0 Å². The molecule has 2 aromatic rings. The van der Waals surface area contributed by atoms with Gasteiger partial charge < -0.3 is 20.4 Å². The molecule has 2 N–H and O–H groups in total. The Morgan fingerprint density at radius 1 is 1.34 bits per heavy atom. The fraction of sp³-hybridized carbons (Fsp3) is 0.400. The molecule has 9 heteroatoms. The van der Waals surface area contributed by atoms with E-state index in [0.717, 1.165) is 49.1 Å². The lowest BCUT2D eigenvalue weighted by atomic mass is 10.2. The number of nitrogens with zero attached hydrogens (tertiary/aromatic N) is 5. The van der Waals surface area contributed by atoms with Crippen LogP contribution >= 0.6 is 11.5 Å². The molecule has 152 valence electrons. The highest BCUT2D eigenvalue weighted by Gasteiger charge is 2.22. The maximum atomic E-state index is 12.3. The second kappa shape index (κ2) is 9.89. The summed E-state index contributed by atoms with van der Waals surface area (Å²) in [6, 6.07) is 7.21. The topological polar surface area (TPSA) is 85.8 Å². The van der Waals surface area contributed by atoms with Gasteiger partial charge in [-0.3, -0.25) is 9.79 Å². The third-order valence-electron chi connectivity index (χ3n) is 4.56. The number of carbonyl (C=O) groups excluding carboxylic acids is 1. The van der Waals surface area contributed by atoms with Crippen LogP contribution in [0.2, 0.25) is 0 Å². The summed E-state index contributed by atoms with van der Waals surface area (Å²) in [5.74, 6) is 4.01. The molecule has 0 bridgehead atoms. The Kier molecular flexibility index (Phi) is 7.03. The average molecular weight is 412 g/mol. The second-order valence-electron chi connectivity index (χ2n) is 6.49. The first-order valence-corrected chi connectivity index (χ1v) is 10.3. The summed E-state index contributed by atoms with van der Waals surface area (Å²) in [5.41, 5.74) is 1.41. The average Bonchev–Trinajstić information content (AvgIpc) is 3.24. The lowest BCUT2D eigenvalue weighted by Crippen LogP contribution is -2.53. The Morgan fingerprint density at radius 3 is 2.79 bits per heavy atom. The first-order valence-electron chi connectivity index (χ1n) is 9.52. The molecular formula is C20H25N7OS. The number of aryl methyl sites for hydroxylation is 1. The largest absolute Gasteiger partial charge is 0.347 e. The quantitative estimate of drug-likeness (QED) is 0.440. The van der Waals surface area contributed by atoms with E-state index in [1.807, 2.05) is 18.2 Å². The minimum Gasteiger partial charge on any atom is -0.347 e. The third kappa shape index (κ3) is 5.45. The Labute approximate surface area is 175 Å². The first kappa shape index (κ1) is 20.6. The molecule has 29 heavy (non-hydrogen) atoms. The Balaban J connectivity index is 1.48. The van der Waals surface area contributed by atoms with E-state index < -0.39 is 0 Å². The molecule has 1 aliphatic rings. The maximum absolute atomic E-state index is 12.3. The predicted octanol–water partition coefficient (Wildman–Crippen LogP) is 1.42. The van der Waals surface area contributed by atoms with E-state index >= 15 is 0 Å². The number of hydrogen-bond acceptors (Lipinski definition) is 6. The number of guanidine groups is 1. The van der Waals surface area contributed by atoms with Crippen LogP contribution in [0.4, 0.5) is 10.8 Å². The minimum absolute atomic E-state index is 0.128. The zero-order chi connectivity index (χ0) is 20.6. The van der Waals surface area contributed by atoms with Crippen LogP contribution in [-0.4, -0.2) is 65.9 Å². The highest BCUT2D eigenvalue weighted by Crippen LogP contribution is 2.19. The first-order chi connectivity index (χ1) is 14.1. The molecule has 0 atom stereocenters. The normalized spacial score (nSPS) is 14.4. The summed E-state index contributed by atoms with van der Waals surface area (Å²) in [5, 5.41) is 6.95. The molecule has 1 saturated heterocycles. The molecule has 8 nitrogen and oxygen atoms in total. The number of aromatic nitrogens is 2. The summed E-state index contributed by atoms with van der Waals surface area (Å²) in [7, 11) is 1.72. The third-order valence-corrected chi connectivity index (χ3v) is 5.37. The number of piperazine rings is 1. The number of nitrogens with one attached hydrogen (secondary N) is 2. The van der Waals surface area contributed by atoms with E-state index in [4.69, 9.17) is 6.42 Å². The van der Waals surface area contributed by atoms with Crippen LogP contribution in [0.15, 0.2) is 29.3 Å². The zero-order valence-corrected chi connectivity index (χ0v) is 17.5.